The lowest BCUT2D eigenvalue weighted by atomic mass is 10.1. The van der Waals surface area contributed by atoms with Crippen LogP contribution in [-0.4, -0.2) is 84.6 Å². The van der Waals surface area contributed by atoms with Gasteiger partial charge in [-0.1, -0.05) is 12.2 Å². The molecule has 0 aliphatic carbocycles. The molecule has 0 saturated carbocycles. The van der Waals surface area contributed by atoms with Gasteiger partial charge < -0.3 is 14.2 Å². The summed E-state index contributed by atoms with van der Waals surface area (Å²) in [6, 6.07) is 3.81. The Morgan fingerprint density at radius 2 is 2.14 bits per heavy atom. The third-order valence-electron chi connectivity index (χ3n) is 5.24. The number of hydrogen-bond acceptors (Lipinski definition) is 8. The van der Waals surface area contributed by atoms with Gasteiger partial charge in [-0.3, -0.25) is 9.80 Å². The summed E-state index contributed by atoms with van der Waals surface area (Å²) in [5.74, 6) is 1.29. The second kappa shape index (κ2) is 9.09. The highest BCUT2D eigenvalue weighted by molar-refractivity contribution is 7.80. The third kappa shape index (κ3) is 4.57. The van der Waals surface area contributed by atoms with Crippen molar-refractivity contribution in [3.63, 3.8) is 0 Å². The van der Waals surface area contributed by atoms with Crippen LogP contribution in [0, 0.1) is 0 Å². The molecule has 28 heavy (non-hydrogen) atoms. The van der Waals surface area contributed by atoms with Crippen molar-refractivity contribution < 1.29 is 14.2 Å². The molecule has 3 aliphatic heterocycles. The molecule has 1 aromatic rings. The topological polar surface area (TPSA) is 59.4 Å². The predicted molar refractivity (Wildman–Crippen MR) is 111 cm³/mol. The molecule has 4 heterocycles. The molecule has 1 aromatic heterocycles. The van der Waals surface area contributed by atoms with Gasteiger partial charge in [0, 0.05) is 42.8 Å². The lowest BCUT2D eigenvalue weighted by Gasteiger charge is -2.29. The Kier molecular flexibility index (Phi) is 6.31. The summed E-state index contributed by atoms with van der Waals surface area (Å²) in [7, 11) is 2.08. The molecule has 2 unspecified atom stereocenters. The minimum absolute atomic E-state index is 0.0505. The van der Waals surface area contributed by atoms with Gasteiger partial charge in [0.25, 0.3) is 0 Å². The number of pyridine rings is 1. The van der Waals surface area contributed by atoms with Crippen LogP contribution in [0.15, 0.2) is 35.7 Å². The Labute approximate surface area is 171 Å². The molecule has 0 amide bonds. The van der Waals surface area contributed by atoms with Gasteiger partial charge >= 0.3 is 0 Å². The highest BCUT2D eigenvalue weighted by atomic mass is 32.1. The van der Waals surface area contributed by atoms with Crippen LogP contribution in [-0.2, 0) is 9.47 Å². The minimum Gasteiger partial charge on any atom is -0.473 e. The molecule has 7 nitrogen and oxygen atoms in total. The monoisotopic (exact) mass is 402 g/mol. The summed E-state index contributed by atoms with van der Waals surface area (Å²) in [4.78, 5) is 14.5. The van der Waals surface area contributed by atoms with E-state index >= 15 is 0 Å². The Hall–Kier alpha value is -1.87. The van der Waals surface area contributed by atoms with Crippen molar-refractivity contribution in [3.8, 4) is 5.88 Å². The second-order valence-corrected chi connectivity index (χ2v) is 7.79. The van der Waals surface area contributed by atoms with E-state index in [1.165, 1.54) is 0 Å². The van der Waals surface area contributed by atoms with Crippen molar-refractivity contribution in [2.24, 2.45) is 4.99 Å². The summed E-state index contributed by atoms with van der Waals surface area (Å²) < 4.78 is 17.6. The van der Waals surface area contributed by atoms with Gasteiger partial charge in [-0.25, -0.2) is 9.98 Å². The van der Waals surface area contributed by atoms with E-state index in [-0.39, 0.29) is 12.1 Å². The number of aromatic nitrogens is 1. The van der Waals surface area contributed by atoms with Gasteiger partial charge in [-0.2, -0.15) is 0 Å². The third-order valence-corrected chi connectivity index (χ3v) is 5.51. The normalized spacial score (nSPS) is 26.5. The summed E-state index contributed by atoms with van der Waals surface area (Å²) in [6.45, 7) is 5.80. The molecule has 2 atom stereocenters. The lowest BCUT2D eigenvalue weighted by molar-refractivity contribution is 0.0301. The zero-order valence-electron chi connectivity index (χ0n) is 16.1. The SMILES string of the molecule is CN1CC(CCN2CCOCC2)Oc2ncccc2C1C1=NCC(=S)C=CO1. The van der Waals surface area contributed by atoms with Crippen LogP contribution >= 0.6 is 12.2 Å². The Morgan fingerprint density at radius 1 is 1.29 bits per heavy atom. The van der Waals surface area contributed by atoms with E-state index < -0.39 is 0 Å². The Morgan fingerprint density at radius 3 is 3.00 bits per heavy atom. The fourth-order valence-electron chi connectivity index (χ4n) is 3.77. The first-order valence-electron chi connectivity index (χ1n) is 9.73. The van der Waals surface area contributed by atoms with E-state index in [1.54, 1.807) is 18.5 Å². The largest absolute Gasteiger partial charge is 0.473 e. The molecule has 0 spiro atoms. The molecule has 0 aromatic carbocycles. The molecule has 8 heteroatoms. The van der Waals surface area contributed by atoms with Crippen LogP contribution in [0.5, 0.6) is 5.88 Å². The molecule has 0 N–H and O–H groups in total. The van der Waals surface area contributed by atoms with Crippen molar-refractivity contribution in [3.05, 3.63) is 36.2 Å². The molecular formula is C20H26N4O3S. The average molecular weight is 403 g/mol. The van der Waals surface area contributed by atoms with Gasteiger partial charge in [0.2, 0.25) is 11.8 Å². The number of aliphatic imine (C=N–C) groups is 1. The summed E-state index contributed by atoms with van der Waals surface area (Å²) in [5, 5.41) is 0. The van der Waals surface area contributed by atoms with E-state index in [0.717, 1.165) is 56.2 Å². The molecule has 0 radical (unpaired) electrons. The van der Waals surface area contributed by atoms with Crippen molar-refractivity contribution in [2.75, 3.05) is 53.0 Å². The quantitative estimate of drug-likeness (QED) is 0.713. The first-order chi connectivity index (χ1) is 13.7. The van der Waals surface area contributed by atoms with Crippen LogP contribution in [0.4, 0.5) is 0 Å². The number of thiocarbonyl (C=S) groups is 1. The predicted octanol–water partition coefficient (Wildman–Crippen LogP) is 1.85. The first kappa shape index (κ1) is 19.4. The Bertz CT molecular complexity index is 764. The molecule has 1 fully saturated rings. The molecule has 4 rings (SSSR count). The zero-order valence-corrected chi connectivity index (χ0v) is 16.9. The number of rotatable bonds is 4. The summed E-state index contributed by atoms with van der Waals surface area (Å²) in [6.07, 6.45) is 6.17. The highest BCUT2D eigenvalue weighted by Gasteiger charge is 2.34. The maximum Gasteiger partial charge on any atom is 0.218 e. The van der Waals surface area contributed by atoms with E-state index in [1.807, 2.05) is 12.1 Å². The van der Waals surface area contributed by atoms with Gasteiger partial charge in [0.15, 0.2) is 0 Å². The van der Waals surface area contributed by atoms with Crippen molar-refractivity contribution >= 4 is 23.0 Å². The molecule has 1 saturated heterocycles. The first-order valence-corrected chi connectivity index (χ1v) is 10.1. The van der Waals surface area contributed by atoms with Crippen LogP contribution in [0.25, 0.3) is 0 Å². The molecular weight excluding hydrogens is 376 g/mol. The van der Waals surface area contributed by atoms with E-state index in [2.05, 4.69) is 26.8 Å². The second-order valence-electron chi connectivity index (χ2n) is 7.26. The van der Waals surface area contributed by atoms with E-state index in [9.17, 15) is 0 Å². The number of morpholine rings is 1. The fourth-order valence-corrected chi connectivity index (χ4v) is 3.89. The van der Waals surface area contributed by atoms with Gasteiger partial charge in [-0.05, 0) is 31.7 Å². The van der Waals surface area contributed by atoms with E-state index in [4.69, 9.17) is 26.4 Å². The highest BCUT2D eigenvalue weighted by Crippen LogP contribution is 2.33. The van der Waals surface area contributed by atoms with Crippen molar-refractivity contribution in [2.45, 2.75) is 18.6 Å². The number of likely N-dealkylation sites (N-methyl/N-ethyl adjacent to an activating group) is 1. The lowest BCUT2D eigenvalue weighted by Crippen LogP contribution is -2.41. The van der Waals surface area contributed by atoms with Crippen molar-refractivity contribution in [1.82, 2.24) is 14.8 Å². The van der Waals surface area contributed by atoms with Crippen LogP contribution in [0.2, 0.25) is 0 Å². The van der Waals surface area contributed by atoms with Gasteiger partial charge in [-0.15, -0.1) is 0 Å². The fraction of sp³-hybridized carbons (Fsp3) is 0.550. The van der Waals surface area contributed by atoms with Crippen LogP contribution in [0.1, 0.15) is 18.0 Å². The van der Waals surface area contributed by atoms with Gasteiger partial charge in [0.1, 0.15) is 12.1 Å². The average Bonchev–Trinajstić information content (AvgIpc) is 3.00. The van der Waals surface area contributed by atoms with Crippen molar-refractivity contribution in [1.29, 1.82) is 0 Å². The Balaban J connectivity index is 1.53. The maximum atomic E-state index is 6.33. The molecule has 0 bridgehead atoms. The summed E-state index contributed by atoms with van der Waals surface area (Å²) >= 11 is 5.26. The van der Waals surface area contributed by atoms with Gasteiger partial charge in [0.05, 0.1) is 26.0 Å². The summed E-state index contributed by atoms with van der Waals surface area (Å²) in [5.41, 5.74) is 0.971. The molecule has 3 aliphatic rings. The molecule has 150 valence electrons. The number of ether oxygens (including phenoxy) is 3. The minimum atomic E-state index is -0.150. The van der Waals surface area contributed by atoms with E-state index in [0.29, 0.717) is 18.3 Å². The standard InChI is InChI=1S/C20H26N4O3S/c1-23-14-15(4-7-24-8-11-25-12-9-24)27-19-17(3-2-6-21-19)18(23)20-22-13-16(28)5-10-26-20/h2-3,5-6,10,15,18H,4,7-9,11-14H2,1H3. The van der Waals surface area contributed by atoms with Crippen LogP contribution < -0.4 is 4.74 Å². The number of hydrogen-bond donors (Lipinski definition) is 0. The smallest absolute Gasteiger partial charge is 0.218 e. The zero-order chi connectivity index (χ0) is 19.3. The number of fused-ring (bicyclic) bond motifs is 1. The number of nitrogens with zero attached hydrogens (tertiary/aromatic N) is 4. The maximum absolute atomic E-state index is 6.33. The van der Waals surface area contributed by atoms with Crippen LogP contribution in [0.3, 0.4) is 0 Å².